The van der Waals surface area contributed by atoms with E-state index >= 15 is 0 Å². The van der Waals surface area contributed by atoms with Crippen molar-refractivity contribution in [3.8, 4) is 22.9 Å². The summed E-state index contributed by atoms with van der Waals surface area (Å²) < 4.78 is 10.7. The summed E-state index contributed by atoms with van der Waals surface area (Å²) in [7, 11) is 0. The number of hydrogen-bond donors (Lipinski definition) is 1. The van der Waals surface area contributed by atoms with Gasteiger partial charge in [-0.2, -0.15) is 0 Å². The number of ether oxygens (including phenoxy) is 1. The van der Waals surface area contributed by atoms with Crippen LogP contribution in [0.1, 0.15) is 22.8 Å². The molecule has 0 aliphatic heterocycles. The molecule has 7 nitrogen and oxygen atoms in total. The zero-order valence-corrected chi connectivity index (χ0v) is 14.3. The van der Waals surface area contributed by atoms with E-state index in [0.717, 1.165) is 11.1 Å². The minimum atomic E-state index is -0.991. The van der Waals surface area contributed by atoms with E-state index < -0.39 is 18.0 Å². The molecule has 0 aliphatic rings. The summed E-state index contributed by atoms with van der Waals surface area (Å²) in [6.07, 6.45) is -0.991. The summed E-state index contributed by atoms with van der Waals surface area (Å²) in [6, 6.07) is 14.2. The van der Waals surface area contributed by atoms with Gasteiger partial charge in [-0.15, -0.1) is 10.2 Å². The molecule has 3 rings (SSSR count). The normalized spacial score (nSPS) is 11.8. The zero-order valence-electron chi connectivity index (χ0n) is 14.3. The number of aryl methyl sites for hydroxylation is 1. The molecule has 0 saturated carbocycles. The van der Waals surface area contributed by atoms with Crippen LogP contribution in [0.25, 0.3) is 22.9 Å². The molecule has 1 aromatic heterocycles. The molecule has 0 bridgehead atoms. The Kier molecular flexibility index (Phi) is 4.79. The lowest BCUT2D eigenvalue weighted by molar-refractivity contribution is -0.125. The fourth-order valence-electron chi connectivity index (χ4n) is 2.30. The van der Waals surface area contributed by atoms with Crippen molar-refractivity contribution >= 4 is 11.9 Å². The standard InChI is InChI=1S/C19H17N3O4/c1-11-5-3-4-6-15(11)18-22-21-17(26-18)13-7-9-14(10-8-13)19(24)25-12(2)16(20)23/h3-10,12H,1-2H3,(H2,20,23)/t12-/m1/s1. The van der Waals surface area contributed by atoms with Crippen LogP contribution < -0.4 is 5.73 Å². The van der Waals surface area contributed by atoms with Gasteiger partial charge < -0.3 is 14.9 Å². The highest BCUT2D eigenvalue weighted by Crippen LogP contribution is 2.26. The monoisotopic (exact) mass is 351 g/mol. The van der Waals surface area contributed by atoms with Gasteiger partial charge in [0.15, 0.2) is 6.10 Å². The number of benzene rings is 2. The highest BCUT2D eigenvalue weighted by Gasteiger charge is 2.17. The van der Waals surface area contributed by atoms with Gasteiger partial charge in [-0.05, 0) is 49.7 Å². The first kappa shape index (κ1) is 17.3. The summed E-state index contributed by atoms with van der Waals surface area (Å²) in [5.74, 6) is -0.566. The number of amides is 1. The maximum atomic E-state index is 12.0. The van der Waals surface area contributed by atoms with Gasteiger partial charge in [-0.25, -0.2) is 4.79 Å². The molecule has 0 radical (unpaired) electrons. The van der Waals surface area contributed by atoms with E-state index in [2.05, 4.69) is 10.2 Å². The Morgan fingerprint density at radius 3 is 2.35 bits per heavy atom. The van der Waals surface area contributed by atoms with E-state index in [9.17, 15) is 9.59 Å². The number of hydrogen-bond acceptors (Lipinski definition) is 6. The van der Waals surface area contributed by atoms with E-state index in [1.165, 1.54) is 6.92 Å². The lowest BCUT2D eigenvalue weighted by Crippen LogP contribution is -2.30. The third-order valence-corrected chi connectivity index (χ3v) is 3.85. The van der Waals surface area contributed by atoms with Crippen molar-refractivity contribution in [2.75, 3.05) is 0 Å². The van der Waals surface area contributed by atoms with Gasteiger partial charge in [0.05, 0.1) is 5.56 Å². The molecule has 3 aromatic rings. The zero-order chi connectivity index (χ0) is 18.7. The Balaban J connectivity index is 1.78. The highest BCUT2D eigenvalue weighted by molar-refractivity contribution is 5.92. The Labute approximate surface area is 149 Å². The fourth-order valence-corrected chi connectivity index (χ4v) is 2.30. The van der Waals surface area contributed by atoms with Gasteiger partial charge >= 0.3 is 5.97 Å². The summed E-state index contributed by atoms with van der Waals surface area (Å²) in [5, 5.41) is 8.14. The number of carbonyl (C=O) groups excluding carboxylic acids is 2. The number of nitrogens with two attached hydrogens (primary N) is 1. The van der Waals surface area contributed by atoms with Gasteiger partial charge in [0, 0.05) is 11.1 Å². The summed E-state index contributed by atoms with van der Waals surface area (Å²) in [6.45, 7) is 3.38. The molecule has 1 heterocycles. The highest BCUT2D eigenvalue weighted by atomic mass is 16.5. The molecule has 1 atom stereocenters. The Bertz CT molecular complexity index is 947. The number of primary amides is 1. The predicted octanol–water partition coefficient (Wildman–Crippen LogP) is 2.74. The van der Waals surface area contributed by atoms with Crippen molar-refractivity contribution in [2.24, 2.45) is 5.73 Å². The average molecular weight is 351 g/mol. The van der Waals surface area contributed by atoms with Crippen LogP contribution in [0.2, 0.25) is 0 Å². The Morgan fingerprint density at radius 1 is 1.04 bits per heavy atom. The maximum Gasteiger partial charge on any atom is 0.338 e. The minimum Gasteiger partial charge on any atom is -0.449 e. The Morgan fingerprint density at radius 2 is 1.69 bits per heavy atom. The van der Waals surface area contributed by atoms with Crippen molar-refractivity contribution < 1.29 is 18.7 Å². The SMILES string of the molecule is Cc1ccccc1-c1nnc(-c2ccc(C(=O)O[C@H](C)C(N)=O)cc2)o1. The molecule has 0 saturated heterocycles. The number of aromatic nitrogens is 2. The second-order valence-corrected chi connectivity index (χ2v) is 5.75. The molecule has 26 heavy (non-hydrogen) atoms. The first-order valence-electron chi connectivity index (χ1n) is 7.96. The molecule has 0 unspecified atom stereocenters. The average Bonchev–Trinajstić information content (AvgIpc) is 3.12. The maximum absolute atomic E-state index is 12.0. The third kappa shape index (κ3) is 3.61. The van der Waals surface area contributed by atoms with Gasteiger partial charge in [-0.1, -0.05) is 18.2 Å². The largest absolute Gasteiger partial charge is 0.449 e. The molecular weight excluding hydrogens is 334 g/mol. The van der Waals surface area contributed by atoms with Crippen LogP contribution in [0.15, 0.2) is 52.9 Å². The smallest absolute Gasteiger partial charge is 0.338 e. The number of carbonyl (C=O) groups is 2. The molecule has 0 aliphatic carbocycles. The van der Waals surface area contributed by atoms with Gasteiger partial charge in [0.25, 0.3) is 5.91 Å². The minimum absolute atomic E-state index is 0.292. The van der Waals surface area contributed by atoms with Crippen molar-refractivity contribution in [3.63, 3.8) is 0 Å². The van der Waals surface area contributed by atoms with Crippen LogP contribution >= 0.6 is 0 Å². The second kappa shape index (κ2) is 7.18. The molecular formula is C19H17N3O4. The van der Waals surface area contributed by atoms with Crippen molar-refractivity contribution in [2.45, 2.75) is 20.0 Å². The topological polar surface area (TPSA) is 108 Å². The van der Waals surface area contributed by atoms with E-state index in [-0.39, 0.29) is 0 Å². The quantitative estimate of drug-likeness (QED) is 0.708. The molecule has 2 N–H and O–H groups in total. The van der Waals surface area contributed by atoms with Crippen molar-refractivity contribution in [3.05, 3.63) is 59.7 Å². The number of esters is 1. The number of nitrogens with zero attached hydrogens (tertiary/aromatic N) is 2. The molecule has 2 aromatic carbocycles. The van der Waals surface area contributed by atoms with Gasteiger partial charge in [0.2, 0.25) is 11.8 Å². The number of rotatable bonds is 5. The summed E-state index contributed by atoms with van der Waals surface area (Å²) in [5.41, 5.74) is 7.93. The third-order valence-electron chi connectivity index (χ3n) is 3.85. The lowest BCUT2D eigenvalue weighted by Gasteiger charge is -2.09. The van der Waals surface area contributed by atoms with E-state index in [0.29, 0.717) is 22.9 Å². The summed E-state index contributed by atoms with van der Waals surface area (Å²) >= 11 is 0. The van der Waals surface area contributed by atoms with Crippen molar-refractivity contribution in [1.29, 1.82) is 0 Å². The van der Waals surface area contributed by atoms with Gasteiger partial charge in [-0.3, -0.25) is 4.79 Å². The summed E-state index contributed by atoms with van der Waals surface area (Å²) in [4.78, 5) is 22.9. The Hall–Kier alpha value is -3.48. The second-order valence-electron chi connectivity index (χ2n) is 5.75. The van der Waals surface area contributed by atoms with Crippen LogP contribution in [0.3, 0.4) is 0 Å². The molecule has 0 fully saturated rings. The van der Waals surface area contributed by atoms with Crippen LogP contribution in [-0.4, -0.2) is 28.2 Å². The molecule has 1 amide bonds. The molecule has 7 heteroatoms. The van der Waals surface area contributed by atoms with E-state index in [1.54, 1.807) is 24.3 Å². The fraction of sp³-hybridized carbons (Fsp3) is 0.158. The van der Waals surface area contributed by atoms with E-state index in [1.807, 2.05) is 31.2 Å². The van der Waals surface area contributed by atoms with E-state index in [4.69, 9.17) is 14.9 Å². The lowest BCUT2D eigenvalue weighted by atomic mass is 10.1. The van der Waals surface area contributed by atoms with Crippen LogP contribution in [0.5, 0.6) is 0 Å². The van der Waals surface area contributed by atoms with Crippen molar-refractivity contribution in [1.82, 2.24) is 10.2 Å². The molecule has 0 spiro atoms. The predicted molar refractivity (Wildman–Crippen MR) is 94.0 cm³/mol. The van der Waals surface area contributed by atoms with Crippen LogP contribution in [0, 0.1) is 6.92 Å². The first-order chi connectivity index (χ1) is 12.5. The van der Waals surface area contributed by atoms with Gasteiger partial charge in [0.1, 0.15) is 0 Å². The molecule has 132 valence electrons. The van der Waals surface area contributed by atoms with Crippen LogP contribution in [-0.2, 0) is 9.53 Å². The van der Waals surface area contributed by atoms with Crippen LogP contribution in [0.4, 0.5) is 0 Å². The first-order valence-corrected chi connectivity index (χ1v) is 7.96.